The van der Waals surface area contributed by atoms with Crippen LogP contribution in [0.25, 0.3) is 0 Å². The summed E-state index contributed by atoms with van der Waals surface area (Å²) in [5.74, 6) is 0. The van der Waals surface area contributed by atoms with Crippen molar-refractivity contribution in [2.45, 2.75) is 32.4 Å². The van der Waals surface area contributed by atoms with E-state index in [0.29, 0.717) is 13.0 Å². The monoisotopic (exact) mass is 314 g/mol. The Balaban J connectivity index is 2.42. The summed E-state index contributed by atoms with van der Waals surface area (Å²) < 4.78 is 0.974. The Morgan fingerprint density at radius 3 is 2.67 bits per heavy atom. The van der Waals surface area contributed by atoms with E-state index in [1.165, 1.54) is 0 Å². The minimum Gasteiger partial charge on any atom is -0.393 e. The molecule has 0 aliphatic heterocycles. The summed E-state index contributed by atoms with van der Waals surface area (Å²) in [7, 11) is 0. The second kappa shape index (κ2) is 7.38. The fraction of sp³-hybridized carbons (Fsp3) is 0.462. The summed E-state index contributed by atoms with van der Waals surface area (Å²) >= 11 is 3.45. The number of aliphatic hydroxyl groups excluding tert-OH is 1. The molecule has 2 unspecified atom stereocenters. The number of carbonyl (C=O) groups excluding carboxylic acids is 1. The Morgan fingerprint density at radius 2 is 2.06 bits per heavy atom. The van der Waals surface area contributed by atoms with Gasteiger partial charge in [0.15, 0.2) is 0 Å². The van der Waals surface area contributed by atoms with E-state index in [4.69, 9.17) is 5.11 Å². The summed E-state index contributed by atoms with van der Waals surface area (Å²) in [5.41, 5.74) is 1.03. The predicted octanol–water partition coefficient (Wildman–Crippen LogP) is 2.58. The third-order valence-corrected chi connectivity index (χ3v) is 3.29. The Labute approximate surface area is 116 Å². The van der Waals surface area contributed by atoms with Gasteiger partial charge in [-0.3, -0.25) is 0 Å². The highest BCUT2D eigenvalue weighted by Crippen LogP contribution is 2.22. The molecular formula is C13H19BrN2O2. The van der Waals surface area contributed by atoms with Gasteiger partial charge in [0.25, 0.3) is 0 Å². The molecule has 0 bridgehead atoms. The van der Waals surface area contributed by atoms with Crippen molar-refractivity contribution < 1.29 is 9.90 Å². The van der Waals surface area contributed by atoms with Crippen molar-refractivity contribution in [1.82, 2.24) is 10.6 Å². The molecule has 4 nitrogen and oxygen atoms in total. The number of benzene rings is 1. The van der Waals surface area contributed by atoms with Gasteiger partial charge in [-0.05, 0) is 31.9 Å². The zero-order valence-electron chi connectivity index (χ0n) is 10.6. The molecule has 0 saturated carbocycles. The Kier molecular flexibility index (Phi) is 6.15. The first kappa shape index (κ1) is 15.0. The Morgan fingerprint density at radius 1 is 1.39 bits per heavy atom. The third kappa shape index (κ3) is 5.06. The second-order valence-electron chi connectivity index (χ2n) is 4.28. The SMILES string of the molecule is CC(O)CCNC(=O)NC(C)c1ccccc1Br. The Bertz CT molecular complexity index is 396. The maximum atomic E-state index is 11.6. The van der Waals surface area contributed by atoms with Crippen LogP contribution >= 0.6 is 15.9 Å². The molecule has 5 heteroatoms. The lowest BCUT2D eigenvalue weighted by molar-refractivity contribution is 0.183. The van der Waals surface area contributed by atoms with Crippen LogP contribution in [0.4, 0.5) is 4.79 Å². The summed E-state index contributed by atoms with van der Waals surface area (Å²) in [6.45, 7) is 4.09. The first-order chi connectivity index (χ1) is 8.50. The van der Waals surface area contributed by atoms with Crippen molar-refractivity contribution in [3.05, 3.63) is 34.3 Å². The van der Waals surface area contributed by atoms with Gasteiger partial charge in [-0.15, -0.1) is 0 Å². The smallest absolute Gasteiger partial charge is 0.315 e. The molecular weight excluding hydrogens is 296 g/mol. The van der Waals surface area contributed by atoms with Crippen LogP contribution in [0.15, 0.2) is 28.7 Å². The molecule has 2 atom stereocenters. The van der Waals surface area contributed by atoms with E-state index in [1.54, 1.807) is 6.92 Å². The van der Waals surface area contributed by atoms with Gasteiger partial charge in [0.2, 0.25) is 0 Å². The predicted molar refractivity (Wildman–Crippen MR) is 75.4 cm³/mol. The van der Waals surface area contributed by atoms with Crippen molar-refractivity contribution in [3.63, 3.8) is 0 Å². The van der Waals surface area contributed by atoms with E-state index in [-0.39, 0.29) is 12.1 Å². The topological polar surface area (TPSA) is 61.4 Å². The van der Waals surface area contributed by atoms with Gasteiger partial charge in [-0.1, -0.05) is 34.1 Å². The minimum atomic E-state index is -0.397. The number of nitrogens with one attached hydrogen (secondary N) is 2. The van der Waals surface area contributed by atoms with Crippen molar-refractivity contribution in [2.75, 3.05) is 6.54 Å². The Hall–Kier alpha value is -1.07. The minimum absolute atomic E-state index is 0.0767. The van der Waals surface area contributed by atoms with Crippen LogP contribution in [0, 0.1) is 0 Å². The van der Waals surface area contributed by atoms with E-state index >= 15 is 0 Å². The quantitative estimate of drug-likeness (QED) is 0.782. The van der Waals surface area contributed by atoms with Crippen LogP contribution in [0.3, 0.4) is 0 Å². The molecule has 2 amide bonds. The van der Waals surface area contributed by atoms with E-state index in [1.807, 2.05) is 31.2 Å². The molecule has 0 spiro atoms. The van der Waals surface area contributed by atoms with Gasteiger partial charge in [0.1, 0.15) is 0 Å². The molecule has 0 fully saturated rings. The highest BCUT2D eigenvalue weighted by Gasteiger charge is 2.11. The maximum Gasteiger partial charge on any atom is 0.315 e. The zero-order valence-corrected chi connectivity index (χ0v) is 12.2. The third-order valence-electron chi connectivity index (χ3n) is 2.57. The molecule has 3 N–H and O–H groups in total. The fourth-order valence-corrected chi connectivity index (χ4v) is 2.17. The van der Waals surface area contributed by atoms with E-state index in [0.717, 1.165) is 10.0 Å². The van der Waals surface area contributed by atoms with Crippen LogP contribution in [-0.4, -0.2) is 23.8 Å². The molecule has 0 heterocycles. The highest BCUT2D eigenvalue weighted by molar-refractivity contribution is 9.10. The summed E-state index contributed by atoms with van der Waals surface area (Å²) in [5, 5.41) is 14.6. The average molecular weight is 315 g/mol. The molecule has 0 radical (unpaired) electrons. The van der Waals surface area contributed by atoms with Crippen LogP contribution < -0.4 is 10.6 Å². The summed E-state index contributed by atoms with van der Waals surface area (Å²) in [6.07, 6.45) is 0.155. The molecule has 0 saturated heterocycles. The van der Waals surface area contributed by atoms with E-state index in [2.05, 4.69) is 26.6 Å². The number of halogens is 1. The number of carbonyl (C=O) groups is 1. The van der Waals surface area contributed by atoms with Gasteiger partial charge in [-0.25, -0.2) is 4.79 Å². The first-order valence-corrected chi connectivity index (χ1v) is 6.77. The molecule has 1 aromatic rings. The van der Waals surface area contributed by atoms with Crippen LogP contribution in [-0.2, 0) is 0 Å². The molecule has 0 aliphatic rings. The molecule has 1 rings (SSSR count). The van der Waals surface area contributed by atoms with Gasteiger partial charge in [0.05, 0.1) is 12.1 Å². The number of aliphatic hydroxyl groups is 1. The normalized spacial score (nSPS) is 13.8. The van der Waals surface area contributed by atoms with Crippen molar-refractivity contribution >= 4 is 22.0 Å². The average Bonchev–Trinajstić information content (AvgIpc) is 2.28. The van der Waals surface area contributed by atoms with Crippen LogP contribution in [0.2, 0.25) is 0 Å². The van der Waals surface area contributed by atoms with Gasteiger partial charge < -0.3 is 15.7 Å². The van der Waals surface area contributed by atoms with Crippen molar-refractivity contribution in [1.29, 1.82) is 0 Å². The second-order valence-corrected chi connectivity index (χ2v) is 5.14. The van der Waals surface area contributed by atoms with Gasteiger partial charge in [0, 0.05) is 11.0 Å². The number of urea groups is 1. The van der Waals surface area contributed by atoms with Crippen molar-refractivity contribution in [3.8, 4) is 0 Å². The lowest BCUT2D eigenvalue weighted by Gasteiger charge is -2.16. The fourth-order valence-electron chi connectivity index (χ4n) is 1.55. The molecule has 100 valence electrons. The van der Waals surface area contributed by atoms with E-state index < -0.39 is 6.10 Å². The largest absolute Gasteiger partial charge is 0.393 e. The molecule has 1 aromatic carbocycles. The maximum absolute atomic E-state index is 11.6. The van der Waals surface area contributed by atoms with Crippen molar-refractivity contribution in [2.24, 2.45) is 0 Å². The lowest BCUT2D eigenvalue weighted by atomic mass is 10.1. The molecule has 0 aliphatic carbocycles. The summed E-state index contributed by atoms with van der Waals surface area (Å²) in [4.78, 5) is 11.6. The number of hydrogen-bond acceptors (Lipinski definition) is 2. The van der Waals surface area contributed by atoms with E-state index in [9.17, 15) is 4.79 Å². The highest BCUT2D eigenvalue weighted by atomic mass is 79.9. The molecule has 0 aromatic heterocycles. The number of amides is 2. The molecule has 18 heavy (non-hydrogen) atoms. The summed E-state index contributed by atoms with van der Waals surface area (Å²) in [6, 6.07) is 7.47. The van der Waals surface area contributed by atoms with Crippen LogP contribution in [0.5, 0.6) is 0 Å². The van der Waals surface area contributed by atoms with Gasteiger partial charge in [-0.2, -0.15) is 0 Å². The first-order valence-electron chi connectivity index (χ1n) is 5.97. The van der Waals surface area contributed by atoms with Crippen LogP contribution in [0.1, 0.15) is 31.9 Å². The lowest BCUT2D eigenvalue weighted by Crippen LogP contribution is -2.38. The van der Waals surface area contributed by atoms with Gasteiger partial charge >= 0.3 is 6.03 Å². The zero-order chi connectivity index (χ0) is 13.5. The standard InChI is InChI=1S/C13H19BrN2O2/c1-9(17)7-8-15-13(18)16-10(2)11-5-3-4-6-12(11)14/h3-6,9-10,17H,7-8H2,1-2H3,(H2,15,16,18). The number of rotatable bonds is 5. The number of hydrogen-bond donors (Lipinski definition) is 3.